The fraction of sp³-hybridized carbons (Fsp3) is 0.143. The van der Waals surface area contributed by atoms with Crippen molar-refractivity contribution in [3.63, 3.8) is 0 Å². The lowest BCUT2D eigenvalue weighted by Gasteiger charge is -2.13. The number of hydrogen-bond acceptors (Lipinski definition) is 7. The van der Waals surface area contributed by atoms with Crippen molar-refractivity contribution in [1.82, 2.24) is 5.43 Å². The Morgan fingerprint density at radius 3 is 2.30 bits per heavy atom. The van der Waals surface area contributed by atoms with E-state index in [0.29, 0.717) is 57.4 Å². The smallest absolute Gasteiger partial charge is 0.329 e. The first-order valence-electron chi connectivity index (χ1n) is 11.9. The molecule has 0 fully saturated rings. The Balaban J connectivity index is 1.53. The SMILES string of the molecule is C=CCOc1ccc(NC(=O)C(=O)N/N=C\c2ccc(OCC(=O)Nc3ccc(Cl)c(Cl)c3)c(OCC)c2)cc1. The van der Waals surface area contributed by atoms with Crippen molar-refractivity contribution in [3.05, 3.63) is 88.9 Å². The van der Waals surface area contributed by atoms with E-state index >= 15 is 0 Å². The first-order chi connectivity index (χ1) is 19.3. The number of nitrogens with one attached hydrogen (secondary N) is 3. The minimum absolute atomic E-state index is 0.288. The number of anilines is 2. The Bertz CT molecular complexity index is 1400. The van der Waals surface area contributed by atoms with Crippen molar-refractivity contribution >= 4 is 58.5 Å². The summed E-state index contributed by atoms with van der Waals surface area (Å²) in [6, 6.07) is 16.1. The minimum Gasteiger partial charge on any atom is -0.490 e. The zero-order valence-corrected chi connectivity index (χ0v) is 22.9. The van der Waals surface area contributed by atoms with Crippen LogP contribution in [0.3, 0.4) is 0 Å². The van der Waals surface area contributed by atoms with Gasteiger partial charge in [0.2, 0.25) is 0 Å². The second-order valence-corrected chi connectivity index (χ2v) is 8.70. The molecule has 0 aliphatic carbocycles. The molecule has 3 aromatic carbocycles. The highest BCUT2D eigenvalue weighted by molar-refractivity contribution is 6.42. The third-order valence-corrected chi connectivity index (χ3v) is 5.63. The number of benzene rings is 3. The molecule has 0 radical (unpaired) electrons. The van der Waals surface area contributed by atoms with Gasteiger partial charge in [-0.15, -0.1) is 0 Å². The summed E-state index contributed by atoms with van der Waals surface area (Å²) in [5.74, 6) is -0.979. The maximum Gasteiger partial charge on any atom is 0.329 e. The van der Waals surface area contributed by atoms with Crippen molar-refractivity contribution in [2.45, 2.75) is 6.92 Å². The Hall–Kier alpha value is -4.54. The molecule has 40 heavy (non-hydrogen) atoms. The van der Waals surface area contributed by atoms with E-state index in [1.165, 1.54) is 12.3 Å². The summed E-state index contributed by atoms with van der Waals surface area (Å²) >= 11 is 11.9. The van der Waals surface area contributed by atoms with Gasteiger partial charge in [0, 0.05) is 11.4 Å². The fourth-order valence-corrected chi connectivity index (χ4v) is 3.40. The molecule has 0 bridgehead atoms. The number of amides is 3. The molecule has 0 aromatic heterocycles. The van der Waals surface area contributed by atoms with Crippen LogP contribution in [0.4, 0.5) is 11.4 Å². The molecular formula is C28H26Cl2N4O6. The normalized spacial score (nSPS) is 10.5. The van der Waals surface area contributed by atoms with Gasteiger partial charge in [-0.2, -0.15) is 5.10 Å². The molecule has 3 aromatic rings. The number of nitrogens with zero attached hydrogens (tertiary/aromatic N) is 1. The second-order valence-electron chi connectivity index (χ2n) is 7.88. The van der Waals surface area contributed by atoms with E-state index in [1.807, 2.05) is 0 Å². The molecule has 3 N–H and O–H groups in total. The van der Waals surface area contributed by atoms with E-state index in [-0.39, 0.29) is 6.61 Å². The highest BCUT2D eigenvalue weighted by Gasteiger charge is 2.13. The largest absolute Gasteiger partial charge is 0.490 e. The number of hydrazone groups is 1. The molecule has 0 unspecified atom stereocenters. The van der Waals surface area contributed by atoms with Crippen LogP contribution in [0.2, 0.25) is 10.0 Å². The van der Waals surface area contributed by atoms with Crippen LogP contribution in [0.1, 0.15) is 12.5 Å². The van der Waals surface area contributed by atoms with Crippen molar-refractivity contribution in [2.24, 2.45) is 5.10 Å². The fourth-order valence-electron chi connectivity index (χ4n) is 3.10. The zero-order valence-electron chi connectivity index (χ0n) is 21.4. The molecule has 0 aliphatic heterocycles. The molecule has 0 spiro atoms. The van der Waals surface area contributed by atoms with Gasteiger partial charge in [0.15, 0.2) is 18.1 Å². The summed E-state index contributed by atoms with van der Waals surface area (Å²) in [5, 5.41) is 9.64. The monoisotopic (exact) mass is 584 g/mol. The summed E-state index contributed by atoms with van der Waals surface area (Å²) in [7, 11) is 0. The number of carbonyl (C=O) groups excluding carboxylic acids is 3. The highest BCUT2D eigenvalue weighted by atomic mass is 35.5. The maximum absolute atomic E-state index is 12.3. The Kier molecular flexibility index (Phi) is 11.4. The quantitative estimate of drug-likeness (QED) is 0.118. The van der Waals surface area contributed by atoms with Crippen molar-refractivity contribution < 1.29 is 28.6 Å². The molecule has 0 atom stereocenters. The first kappa shape index (κ1) is 30.0. The van der Waals surface area contributed by atoms with Crippen LogP contribution in [0.5, 0.6) is 17.2 Å². The van der Waals surface area contributed by atoms with E-state index in [4.69, 9.17) is 37.4 Å². The predicted octanol–water partition coefficient (Wildman–Crippen LogP) is 5.06. The average molecular weight is 585 g/mol. The second kappa shape index (κ2) is 15.2. The van der Waals surface area contributed by atoms with Crippen LogP contribution in [-0.2, 0) is 14.4 Å². The van der Waals surface area contributed by atoms with Gasteiger partial charge >= 0.3 is 11.8 Å². The molecule has 208 valence electrons. The van der Waals surface area contributed by atoms with Gasteiger partial charge in [-0.25, -0.2) is 5.43 Å². The van der Waals surface area contributed by atoms with E-state index in [9.17, 15) is 14.4 Å². The molecule has 12 heteroatoms. The van der Waals surface area contributed by atoms with Gasteiger partial charge in [0.25, 0.3) is 5.91 Å². The summed E-state index contributed by atoms with van der Waals surface area (Å²) < 4.78 is 16.6. The number of hydrogen-bond donors (Lipinski definition) is 3. The topological polar surface area (TPSA) is 127 Å². The van der Waals surface area contributed by atoms with Gasteiger partial charge in [0.05, 0.1) is 22.9 Å². The lowest BCUT2D eigenvalue weighted by molar-refractivity contribution is -0.136. The van der Waals surface area contributed by atoms with Crippen LogP contribution < -0.4 is 30.3 Å². The molecular weight excluding hydrogens is 559 g/mol. The van der Waals surface area contributed by atoms with Crippen LogP contribution >= 0.6 is 23.2 Å². The van der Waals surface area contributed by atoms with Crippen LogP contribution in [0.15, 0.2) is 78.4 Å². The Labute approximate surface area is 240 Å². The number of carbonyl (C=O) groups is 3. The van der Waals surface area contributed by atoms with Crippen LogP contribution in [0, 0.1) is 0 Å². The van der Waals surface area contributed by atoms with Crippen molar-refractivity contribution in [1.29, 1.82) is 0 Å². The Morgan fingerprint density at radius 2 is 1.60 bits per heavy atom. The molecule has 3 rings (SSSR count). The van der Waals surface area contributed by atoms with E-state index < -0.39 is 17.7 Å². The molecule has 3 amide bonds. The minimum atomic E-state index is -0.957. The highest BCUT2D eigenvalue weighted by Crippen LogP contribution is 2.28. The van der Waals surface area contributed by atoms with Gasteiger partial charge in [0.1, 0.15) is 12.4 Å². The molecule has 0 heterocycles. The lowest BCUT2D eigenvalue weighted by atomic mass is 10.2. The zero-order chi connectivity index (χ0) is 28.9. The Morgan fingerprint density at radius 1 is 0.850 bits per heavy atom. The summed E-state index contributed by atoms with van der Waals surface area (Å²) in [4.78, 5) is 36.6. The van der Waals surface area contributed by atoms with Crippen LogP contribution in [0.25, 0.3) is 0 Å². The van der Waals surface area contributed by atoms with E-state index in [1.54, 1.807) is 67.6 Å². The van der Waals surface area contributed by atoms with Crippen LogP contribution in [-0.4, -0.2) is 43.8 Å². The maximum atomic E-state index is 12.3. The average Bonchev–Trinajstić information content (AvgIpc) is 2.94. The van der Waals surface area contributed by atoms with Gasteiger partial charge in [-0.3, -0.25) is 14.4 Å². The van der Waals surface area contributed by atoms with Gasteiger partial charge in [-0.05, 0) is 73.2 Å². The predicted molar refractivity (Wildman–Crippen MR) is 155 cm³/mol. The standard InChI is InChI=1S/C28H26Cl2N4O6/c1-3-13-39-21-9-6-19(7-10-21)33-27(36)28(37)34-31-16-18-5-12-24(25(14-18)38-4-2)40-17-26(35)32-20-8-11-22(29)23(30)15-20/h3,5-12,14-16H,1,4,13,17H2,2H3,(H,32,35)(H,33,36)(H,34,37)/b31-16-. The summed E-state index contributed by atoms with van der Waals surface area (Å²) in [5.41, 5.74) is 3.60. The van der Waals surface area contributed by atoms with Gasteiger partial charge in [-0.1, -0.05) is 35.9 Å². The number of rotatable bonds is 12. The summed E-state index contributed by atoms with van der Waals surface area (Å²) in [6.45, 7) is 5.77. The molecule has 10 nitrogen and oxygen atoms in total. The molecule has 0 saturated heterocycles. The van der Waals surface area contributed by atoms with Gasteiger partial charge < -0.3 is 24.8 Å². The van der Waals surface area contributed by atoms with E-state index in [0.717, 1.165) is 0 Å². The third-order valence-electron chi connectivity index (χ3n) is 4.90. The lowest BCUT2D eigenvalue weighted by Crippen LogP contribution is -2.32. The summed E-state index contributed by atoms with van der Waals surface area (Å²) in [6.07, 6.45) is 2.95. The third kappa shape index (κ3) is 9.33. The molecule has 0 aliphatic rings. The van der Waals surface area contributed by atoms with E-state index in [2.05, 4.69) is 27.7 Å². The van der Waals surface area contributed by atoms with Crippen molar-refractivity contribution in [3.8, 4) is 17.2 Å². The van der Waals surface area contributed by atoms with Crippen molar-refractivity contribution in [2.75, 3.05) is 30.5 Å². The number of ether oxygens (including phenoxy) is 3. The molecule has 0 saturated carbocycles. The number of halogens is 2. The first-order valence-corrected chi connectivity index (χ1v) is 12.7.